The van der Waals surface area contributed by atoms with Crippen LogP contribution in [0.25, 0.3) is 0 Å². The summed E-state index contributed by atoms with van der Waals surface area (Å²) in [7, 11) is 1.79. The highest BCUT2D eigenvalue weighted by Crippen LogP contribution is 2.34. The summed E-state index contributed by atoms with van der Waals surface area (Å²) in [6.45, 7) is 1.61. The summed E-state index contributed by atoms with van der Waals surface area (Å²) in [6, 6.07) is 4.55. The molecule has 0 bridgehead atoms. The van der Waals surface area contributed by atoms with Gasteiger partial charge in [-0.1, -0.05) is 0 Å². The van der Waals surface area contributed by atoms with E-state index in [0.29, 0.717) is 30.3 Å². The van der Waals surface area contributed by atoms with Crippen LogP contribution in [-0.4, -0.2) is 78.9 Å². The van der Waals surface area contributed by atoms with E-state index in [9.17, 15) is 14.4 Å². The Labute approximate surface area is 162 Å². The van der Waals surface area contributed by atoms with Crippen LogP contribution < -0.4 is 20.1 Å². The Morgan fingerprint density at radius 3 is 2.64 bits per heavy atom. The largest absolute Gasteiger partial charge is 0.480 e. The lowest BCUT2D eigenvalue weighted by Gasteiger charge is -2.35. The van der Waals surface area contributed by atoms with Gasteiger partial charge in [0.2, 0.25) is 12.7 Å². The highest BCUT2D eigenvalue weighted by Gasteiger charge is 2.25. The van der Waals surface area contributed by atoms with E-state index in [1.54, 1.807) is 25.2 Å². The Bertz CT molecular complexity index is 748. The number of fused-ring (bicyclic) bond motifs is 1. The highest BCUT2D eigenvalue weighted by molar-refractivity contribution is 6.01. The molecule has 3 rings (SSSR count). The topological polar surface area (TPSA) is 120 Å². The minimum absolute atomic E-state index is 0.00514. The lowest BCUT2D eigenvalue weighted by molar-refractivity contribution is -0.138. The Balaban J connectivity index is 1.39. The Morgan fingerprint density at radius 2 is 1.93 bits per heavy atom. The van der Waals surface area contributed by atoms with Gasteiger partial charge in [0.05, 0.1) is 13.1 Å². The normalized spacial score (nSPS) is 16.8. The van der Waals surface area contributed by atoms with Gasteiger partial charge in [-0.15, -0.1) is 0 Å². The lowest BCUT2D eigenvalue weighted by atomic mass is 10.0. The fraction of sp³-hybridized carbons (Fsp3) is 0.500. The molecule has 10 heteroatoms. The number of carboxylic acid groups (broad SMARTS) is 1. The van der Waals surface area contributed by atoms with Gasteiger partial charge in [-0.05, 0) is 32.0 Å². The molecule has 0 aliphatic carbocycles. The van der Waals surface area contributed by atoms with Gasteiger partial charge < -0.3 is 19.9 Å². The van der Waals surface area contributed by atoms with Crippen molar-refractivity contribution in [3.63, 3.8) is 0 Å². The van der Waals surface area contributed by atoms with Crippen LogP contribution in [0, 0.1) is 0 Å². The summed E-state index contributed by atoms with van der Waals surface area (Å²) in [5.74, 6) is -0.0901. The lowest BCUT2D eigenvalue weighted by Crippen LogP contribution is -2.48. The van der Waals surface area contributed by atoms with E-state index in [0.717, 1.165) is 12.8 Å². The molecule has 1 fully saturated rings. The van der Waals surface area contributed by atoms with Crippen molar-refractivity contribution in [3.8, 4) is 11.5 Å². The molecule has 0 unspecified atom stereocenters. The number of likely N-dealkylation sites (N-methyl/N-ethyl adjacent to an activating group) is 1. The van der Waals surface area contributed by atoms with Gasteiger partial charge in [-0.2, -0.15) is 0 Å². The number of hydrogen-bond donors (Lipinski definition) is 3. The first-order valence-corrected chi connectivity index (χ1v) is 9.05. The van der Waals surface area contributed by atoms with Crippen LogP contribution in [-0.2, 0) is 9.59 Å². The van der Waals surface area contributed by atoms with Crippen LogP contribution in [0.5, 0.6) is 11.5 Å². The fourth-order valence-corrected chi connectivity index (χ4v) is 3.37. The molecular formula is C18H24N4O6. The van der Waals surface area contributed by atoms with Crippen molar-refractivity contribution in [3.05, 3.63) is 18.2 Å². The van der Waals surface area contributed by atoms with Crippen LogP contribution in [0.3, 0.4) is 0 Å². The van der Waals surface area contributed by atoms with E-state index in [-0.39, 0.29) is 25.9 Å². The summed E-state index contributed by atoms with van der Waals surface area (Å²) in [5, 5.41) is 13.8. The molecule has 1 saturated heterocycles. The molecule has 0 aromatic heterocycles. The first-order valence-electron chi connectivity index (χ1n) is 9.05. The monoisotopic (exact) mass is 392 g/mol. The number of aliphatic carboxylic acids is 1. The maximum Gasteiger partial charge on any atom is 0.325 e. The third-order valence-electron chi connectivity index (χ3n) is 4.82. The van der Waals surface area contributed by atoms with Crippen LogP contribution in [0.2, 0.25) is 0 Å². The van der Waals surface area contributed by atoms with Crippen LogP contribution in [0.1, 0.15) is 12.8 Å². The van der Waals surface area contributed by atoms with Gasteiger partial charge in [0.15, 0.2) is 11.5 Å². The summed E-state index contributed by atoms with van der Waals surface area (Å²) in [4.78, 5) is 38.7. The molecule has 3 N–H and O–H groups in total. The van der Waals surface area contributed by atoms with Gasteiger partial charge in [-0.25, -0.2) is 4.79 Å². The highest BCUT2D eigenvalue weighted by atomic mass is 16.7. The number of anilines is 1. The third kappa shape index (κ3) is 5.33. The number of carbonyl (C=O) groups excluding carboxylic acids is 2. The SMILES string of the molecule is CN(CC(=O)O)C1CCN(CC(=O)NC(=O)Nc2ccc3c(c2)OCO3)CC1. The number of imide groups is 1. The molecule has 2 aliphatic heterocycles. The molecule has 0 spiro atoms. The zero-order chi connectivity index (χ0) is 20.1. The van der Waals surface area contributed by atoms with E-state index in [1.807, 2.05) is 9.80 Å². The second-order valence-corrected chi connectivity index (χ2v) is 6.89. The predicted molar refractivity (Wildman–Crippen MR) is 99.5 cm³/mol. The number of piperidine rings is 1. The zero-order valence-electron chi connectivity index (χ0n) is 15.6. The Morgan fingerprint density at radius 1 is 1.21 bits per heavy atom. The Hall–Kier alpha value is -2.85. The quantitative estimate of drug-likeness (QED) is 0.642. The second kappa shape index (κ2) is 8.89. The maximum atomic E-state index is 12.1. The molecule has 10 nitrogen and oxygen atoms in total. The van der Waals surface area contributed by atoms with E-state index >= 15 is 0 Å². The minimum atomic E-state index is -0.849. The van der Waals surface area contributed by atoms with Gasteiger partial charge in [0, 0.05) is 30.9 Å². The van der Waals surface area contributed by atoms with E-state index in [4.69, 9.17) is 14.6 Å². The predicted octanol–water partition coefficient (Wildman–Crippen LogP) is 0.544. The summed E-state index contributed by atoms with van der Waals surface area (Å²) in [6.07, 6.45) is 1.56. The molecule has 3 amide bonds. The van der Waals surface area contributed by atoms with Crippen molar-refractivity contribution in [2.45, 2.75) is 18.9 Å². The van der Waals surface area contributed by atoms with Crippen molar-refractivity contribution in [2.24, 2.45) is 0 Å². The number of carboxylic acids is 1. The molecular weight excluding hydrogens is 368 g/mol. The number of nitrogens with zero attached hydrogens (tertiary/aromatic N) is 2. The number of ether oxygens (including phenoxy) is 2. The average Bonchev–Trinajstić information content (AvgIpc) is 3.09. The summed E-state index contributed by atoms with van der Waals surface area (Å²) < 4.78 is 10.5. The van der Waals surface area contributed by atoms with Gasteiger partial charge in [0.1, 0.15) is 0 Å². The van der Waals surface area contributed by atoms with Gasteiger partial charge in [-0.3, -0.25) is 24.7 Å². The van der Waals surface area contributed by atoms with Crippen LogP contribution >= 0.6 is 0 Å². The zero-order valence-corrected chi connectivity index (χ0v) is 15.6. The standard InChI is InChI=1S/C18H24N4O6/c1-21(10-17(24)25)13-4-6-22(7-5-13)9-16(23)20-18(26)19-12-2-3-14-15(8-12)28-11-27-14/h2-3,8,13H,4-7,9-11H2,1H3,(H,24,25)(H2,19,20,23,26). The van der Waals surface area contributed by atoms with Crippen molar-refractivity contribution in [2.75, 3.05) is 45.3 Å². The first-order chi connectivity index (χ1) is 13.4. The number of urea groups is 1. The van der Waals surface area contributed by atoms with Crippen molar-refractivity contribution in [1.29, 1.82) is 0 Å². The number of amides is 3. The fourth-order valence-electron chi connectivity index (χ4n) is 3.37. The molecule has 152 valence electrons. The van der Waals surface area contributed by atoms with E-state index in [1.165, 1.54) is 0 Å². The van der Waals surface area contributed by atoms with E-state index in [2.05, 4.69) is 10.6 Å². The summed E-state index contributed by atoms with van der Waals surface area (Å²) >= 11 is 0. The van der Waals surface area contributed by atoms with Crippen molar-refractivity contribution < 1.29 is 29.0 Å². The molecule has 0 radical (unpaired) electrons. The van der Waals surface area contributed by atoms with Crippen molar-refractivity contribution >= 4 is 23.6 Å². The number of carbonyl (C=O) groups is 3. The van der Waals surface area contributed by atoms with Gasteiger partial charge >= 0.3 is 12.0 Å². The third-order valence-corrected chi connectivity index (χ3v) is 4.82. The smallest absolute Gasteiger partial charge is 0.325 e. The first kappa shape index (κ1) is 19.9. The number of benzene rings is 1. The molecule has 1 aromatic rings. The summed E-state index contributed by atoms with van der Waals surface area (Å²) in [5.41, 5.74) is 0.497. The number of nitrogens with one attached hydrogen (secondary N) is 2. The molecule has 0 saturated carbocycles. The van der Waals surface area contributed by atoms with Crippen molar-refractivity contribution in [1.82, 2.24) is 15.1 Å². The molecule has 2 aliphatic rings. The van der Waals surface area contributed by atoms with Crippen LogP contribution in [0.15, 0.2) is 18.2 Å². The molecule has 2 heterocycles. The van der Waals surface area contributed by atoms with E-state index < -0.39 is 17.9 Å². The Kier molecular flexibility index (Phi) is 6.32. The molecule has 28 heavy (non-hydrogen) atoms. The second-order valence-electron chi connectivity index (χ2n) is 6.89. The number of likely N-dealkylation sites (tertiary alicyclic amines) is 1. The number of hydrogen-bond acceptors (Lipinski definition) is 7. The molecule has 0 atom stereocenters. The minimum Gasteiger partial charge on any atom is -0.480 e. The maximum absolute atomic E-state index is 12.1. The van der Waals surface area contributed by atoms with Gasteiger partial charge in [0.25, 0.3) is 0 Å². The molecule has 1 aromatic carbocycles. The number of rotatable bonds is 6. The average molecular weight is 392 g/mol. The van der Waals surface area contributed by atoms with Crippen LogP contribution in [0.4, 0.5) is 10.5 Å².